The van der Waals surface area contributed by atoms with Gasteiger partial charge in [-0.3, -0.25) is 4.79 Å². The van der Waals surface area contributed by atoms with E-state index in [9.17, 15) is 4.79 Å². The second-order valence-electron chi connectivity index (χ2n) is 6.58. The Morgan fingerprint density at radius 2 is 2.17 bits per heavy atom. The first-order valence-electron chi connectivity index (χ1n) is 8.46. The normalized spacial score (nSPS) is 24.4. The van der Waals surface area contributed by atoms with Gasteiger partial charge in [0.05, 0.1) is 5.41 Å². The fraction of sp³-hybridized carbons (Fsp3) is 0.611. The summed E-state index contributed by atoms with van der Waals surface area (Å²) in [4.78, 5) is 15.5. The van der Waals surface area contributed by atoms with E-state index in [4.69, 9.17) is 16.3 Å². The minimum Gasteiger partial charge on any atom is -0.381 e. The fourth-order valence-electron chi connectivity index (χ4n) is 3.83. The Labute approximate surface area is 143 Å². The van der Waals surface area contributed by atoms with E-state index in [0.29, 0.717) is 24.3 Å². The third-order valence-electron chi connectivity index (χ3n) is 5.25. The number of rotatable bonds is 3. The highest BCUT2D eigenvalue weighted by Crippen LogP contribution is 2.38. The lowest BCUT2D eigenvalue weighted by molar-refractivity contribution is -0.142. The van der Waals surface area contributed by atoms with Gasteiger partial charge in [0.1, 0.15) is 0 Å². The average molecular weight is 337 g/mol. The van der Waals surface area contributed by atoms with Gasteiger partial charge in [0.25, 0.3) is 0 Å². The fourth-order valence-corrected chi connectivity index (χ4v) is 4.02. The minimum atomic E-state index is -0.487. The molecule has 2 fully saturated rings. The number of nitrogens with zero attached hydrogens (tertiary/aromatic N) is 1. The molecule has 0 bridgehead atoms. The van der Waals surface area contributed by atoms with Crippen molar-refractivity contribution >= 4 is 17.5 Å². The van der Waals surface area contributed by atoms with Crippen molar-refractivity contribution in [3.8, 4) is 0 Å². The molecule has 0 unspecified atom stereocenters. The zero-order valence-electron chi connectivity index (χ0n) is 13.7. The Bertz CT molecular complexity index is 558. The number of likely N-dealkylation sites (N-methyl/N-ethyl adjacent to an activating group) is 1. The molecule has 2 saturated heterocycles. The van der Waals surface area contributed by atoms with E-state index >= 15 is 0 Å². The van der Waals surface area contributed by atoms with Gasteiger partial charge >= 0.3 is 0 Å². The van der Waals surface area contributed by atoms with Crippen LogP contribution < -0.4 is 5.32 Å². The van der Waals surface area contributed by atoms with Crippen molar-refractivity contribution in [1.82, 2.24) is 10.2 Å². The summed E-state index contributed by atoms with van der Waals surface area (Å²) in [6.07, 6.45) is 3.65. The molecule has 1 amide bonds. The smallest absolute Gasteiger partial charge is 0.233 e. The van der Waals surface area contributed by atoms with Crippen LogP contribution in [-0.2, 0) is 14.9 Å². The highest BCUT2D eigenvalue weighted by Gasteiger charge is 2.44. The summed E-state index contributed by atoms with van der Waals surface area (Å²) in [5, 5.41) is 4.00. The molecule has 1 atom stereocenters. The molecule has 23 heavy (non-hydrogen) atoms. The molecule has 2 aliphatic heterocycles. The van der Waals surface area contributed by atoms with Crippen LogP contribution in [0.25, 0.3) is 0 Å². The molecule has 5 heteroatoms. The molecule has 1 aromatic rings. The van der Waals surface area contributed by atoms with Gasteiger partial charge in [-0.05, 0) is 50.4 Å². The number of piperidine rings is 1. The summed E-state index contributed by atoms with van der Waals surface area (Å²) < 4.78 is 5.54. The monoisotopic (exact) mass is 336 g/mol. The maximum Gasteiger partial charge on any atom is 0.233 e. The molecular weight excluding hydrogens is 312 g/mol. The molecular formula is C18H25ClN2O2. The Kier molecular flexibility index (Phi) is 5.24. The van der Waals surface area contributed by atoms with Crippen LogP contribution in [0.15, 0.2) is 24.3 Å². The minimum absolute atomic E-state index is 0.239. The van der Waals surface area contributed by atoms with Crippen molar-refractivity contribution in [2.75, 3.05) is 33.4 Å². The summed E-state index contributed by atoms with van der Waals surface area (Å²) in [6, 6.07) is 8.18. The molecule has 0 aromatic heterocycles. The number of hydrogen-bond donors (Lipinski definition) is 1. The number of halogens is 1. The molecule has 4 nitrogen and oxygen atoms in total. The van der Waals surface area contributed by atoms with Crippen molar-refractivity contribution in [2.45, 2.75) is 37.1 Å². The van der Waals surface area contributed by atoms with Gasteiger partial charge in [-0.25, -0.2) is 0 Å². The predicted molar refractivity (Wildman–Crippen MR) is 91.8 cm³/mol. The number of hydrogen-bond acceptors (Lipinski definition) is 3. The highest BCUT2D eigenvalue weighted by atomic mass is 35.5. The molecule has 1 N–H and O–H groups in total. The molecule has 0 saturated carbocycles. The lowest BCUT2D eigenvalue weighted by atomic mass is 9.72. The van der Waals surface area contributed by atoms with Gasteiger partial charge < -0.3 is 15.0 Å². The van der Waals surface area contributed by atoms with E-state index in [0.717, 1.165) is 44.3 Å². The number of likely N-dealkylation sites (tertiary alicyclic amines) is 1. The standard InChI is InChI=1S/C18H25ClN2O2/c1-20-16-6-3-9-21(13-16)17(22)18(7-10-23-11-8-18)14-4-2-5-15(19)12-14/h2,4-5,12,16,20H,3,6-11,13H2,1H3/t16-/m0/s1. The van der Waals surface area contributed by atoms with Gasteiger partial charge in [0.2, 0.25) is 5.91 Å². The molecule has 0 radical (unpaired) electrons. The van der Waals surface area contributed by atoms with E-state index in [2.05, 4.69) is 5.32 Å². The van der Waals surface area contributed by atoms with Crippen molar-refractivity contribution in [3.05, 3.63) is 34.9 Å². The summed E-state index contributed by atoms with van der Waals surface area (Å²) >= 11 is 6.20. The van der Waals surface area contributed by atoms with Crippen LogP contribution in [0.1, 0.15) is 31.2 Å². The molecule has 0 spiro atoms. The molecule has 3 rings (SSSR count). The number of amides is 1. The van der Waals surface area contributed by atoms with E-state index < -0.39 is 5.41 Å². The first-order chi connectivity index (χ1) is 11.2. The molecule has 2 heterocycles. The predicted octanol–water partition coefficient (Wildman–Crippen LogP) is 2.60. The van der Waals surface area contributed by atoms with E-state index in [1.807, 2.05) is 36.2 Å². The zero-order valence-corrected chi connectivity index (χ0v) is 14.4. The van der Waals surface area contributed by atoms with Crippen LogP contribution in [0.2, 0.25) is 5.02 Å². The van der Waals surface area contributed by atoms with Gasteiger partial charge in [-0.15, -0.1) is 0 Å². The lowest BCUT2D eigenvalue weighted by Gasteiger charge is -2.42. The van der Waals surface area contributed by atoms with Gasteiger partial charge in [0, 0.05) is 37.4 Å². The first-order valence-corrected chi connectivity index (χ1v) is 8.84. The third-order valence-corrected chi connectivity index (χ3v) is 5.48. The maximum absolute atomic E-state index is 13.4. The number of carbonyl (C=O) groups is 1. The molecule has 126 valence electrons. The summed E-state index contributed by atoms with van der Waals surface area (Å²) in [6.45, 7) is 2.89. The van der Waals surface area contributed by atoms with Crippen molar-refractivity contribution in [2.24, 2.45) is 0 Å². The van der Waals surface area contributed by atoms with Crippen LogP contribution >= 0.6 is 11.6 Å². The molecule has 1 aromatic carbocycles. The number of benzene rings is 1. The molecule has 2 aliphatic rings. The Morgan fingerprint density at radius 1 is 1.39 bits per heavy atom. The van der Waals surface area contributed by atoms with Crippen LogP contribution in [0.3, 0.4) is 0 Å². The SMILES string of the molecule is CN[C@H]1CCCN(C(=O)C2(c3cccc(Cl)c3)CCOCC2)C1. The van der Waals surface area contributed by atoms with Gasteiger partial charge in [-0.2, -0.15) is 0 Å². The largest absolute Gasteiger partial charge is 0.381 e. The highest BCUT2D eigenvalue weighted by molar-refractivity contribution is 6.30. The summed E-state index contributed by atoms with van der Waals surface area (Å²) in [5.41, 5.74) is 0.545. The second-order valence-corrected chi connectivity index (χ2v) is 7.02. The first kappa shape index (κ1) is 16.7. The molecule has 0 aliphatic carbocycles. The second kappa shape index (κ2) is 7.20. The Hall–Kier alpha value is -1.10. The van der Waals surface area contributed by atoms with Gasteiger partial charge in [0.15, 0.2) is 0 Å². The van der Waals surface area contributed by atoms with Crippen molar-refractivity contribution in [1.29, 1.82) is 0 Å². The van der Waals surface area contributed by atoms with Crippen LogP contribution in [0.5, 0.6) is 0 Å². The Morgan fingerprint density at radius 3 is 2.87 bits per heavy atom. The van der Waals surface area contributed by atoms with E-state index in [-0.39, 0.29) is 5.91 Å². The van der Waals surface area contributed by atoms with Crippen molar-refractivity contribution in [3.63, 3.8) is 0 Å². The number of nitrogens with one attached hydrogen (secondary N) is 1. The number of ether oxygens (including phenoxy) is 1. The van der Waals surface area contributed by atoms with Crippen LogP contribution in [0, 0.1) is 0 Å². The van der Waals surface area contributed by atoms with Crippen LogP contribution in [-0.4, -0.2) is 50.2 Å². The average Bonchev–Trinajstić information content (AvgIpc) is 2.61. The van der Waals surface area contributed by atoms with Crippen LogP contribution in [0.4, 0.5) is 0 Å². The Balaban J connectivity index is 1.90. The summed E-state index contributed by atoms with van der Waals surface area (Å²) in [7, 11) is 1.97. The summed E-state index contributed by atoms with van der Waals surface area (Å²) in [5.74, 6) is 0.239. The quantitative estimate of drug-likeness (QED) is 0.922. The number of carbonyl (C=O) groups excluding carboxylic acids is 1. The van der Waals surface area contributed by atoms with E-state index in [1.165, 1.54) is 0 Å². The third kappa shape index (κ3) is 3.39. The topological polar surface area (TPSA) is 41.6 Å². The van der Waals surface area contributed by atoms with E-state index in [1.54, 1.807) is 0 Å². The van der Waals surface area contributed by atoms with Gasteiger partial charge in [-0.1, -0.05) is 23.7 Å². The lowest BCUT2D eigenvalue weighted by Crippen LogP contribution is -2.55. The zero-order chi connectivity index (χ0) is 16.3. The van der Waals surface area contributed by atoms with Crippen molar-refractivity contribution < 1.29 is 9.53 Å². The maximum atomic E-state index is 13.4.